The zero-order chi connectivity index (χ0) is 25.2. The van der Waals surface area contributed by atoms with Gasteiger partial charge in [0.05, 0.1) is 17.8 Å². The van der Waals surface area contributed by atoms with Crippen molar-refractivity contribution >= 4 is 17.5 Å². The van der Waals surface area contributed by atoms with E-state index in [1.807, 2.05) is 61.1 Å². The highest BCUT2D eigenvalue weighted by Gasteiger charge is 2.31. The lowest BCUT2D eigenvalue weighted by Gasteiger charge is -2.32. The average Bonchev–Trinajstić information content (AvgIpc) is 3.57. The summed E-state index contributed by atoms with van der Waals surface area (Å²) in [6.45, 7) is 4.91. The molecule has 8 heteroatoms. The molecule has 5 rings (SSSR count). The van der Waals surface area contributed by atoms with E-state index in [1.54, 1.807) is 27.9 Å². The van der Waals surface area contributed by atoms with Gasteiger partial charge in [0.2, 0.25) is 5.91 Å². The van der Waals surface area contributed by atoms with Crippen molar-refractivity contribution in [2.75, 3.05) is 18.4 Å². The Labute approximate surface area is 209 Å². The fraction of sp³-hybridized carbons (Fsp3) is 0.250. The van der Waals surface area contributed by atoms with Gasteiger partial charge in [0.1, 0.15) is 11.4 Å². The van der Waals surface area contributed by atoms with Gasteiger partial charge in [0.25, 0.3) is 5.91 Å². The number of halogens is 1. The summed E-state index contributed by atoms with van der Waals surface area (Å²) in [7, 11) is 0. The topological polar surface area (TPSA) is 72.2 Å². The van der Waals surface area contributed by atoms with Crippen LogP contribution >= 0.6 is 0 Å². The quantitative estimate of drug-likeness (QED) is 0.437. The number of carbonyl (C=O) groups excluding carboxylic acids is 2. The molecule has 1 aliphatic heterocycles. The summed E-state index contributed by atoms with van der Waals surface area (Å²) in [5, 5.41) is 7.52. The maximum absolute atomic E-state index is 13.7. The molecule has 1 unspecified atom stereocenters. The van der Waals surface area contributed by atoms with Crippen LogP contribution in [-0.4, -0.2) is 44.2 Å². The van der Waals surface area contributed by atoms with Crippen molar-refractivity contribution in [3.63, 3.8) is 0 Å². The van der Waals surface area contributed by atoms with Crippen molar-refractivity contribution in [3.8, 4) is 11.5 Å². The maximum atomic E-state index is 13.7. The summed E-state index contributed by atoms with van der Waals surface area (Å²) in [4.78, 5) is 28.5. The molecule has 1 aliphatic rings. The lowest BCUT2D eigenvalue weighted by atomic mass is 9.96. The molecule has 2 aromatic carbocycles. The van der Waals surface area contributed by atoms with Crippen molar-refractivity contribution in [2.24, 2.45) is 5.92 Å². The van der Waals surface area contributed by atoms with Gasteiger partial charge in [-0.25, -0.2) is 9.07 Å². The fourth-order valence-electron chi connectivity index (χ4n) is 4.66. The van der Waals surface area contributed by atoms with Gasteiger partial charge in [0, 0.05) is 31.2 Å². The summed E-state index contributed by atoms with van der Waals surface area (Å²) in [5.74, 6) is -0.336. The summed E-state index contributed by atoms with van der Waals surface area (Å²) < 4.78 is 16.9. The fourth-order valence-corrected chi connectivity index (χ4v) is 4.66. The second kappa shape index (κ2) is 9.81. The predicted octanol–water partition coefficient (Wildman–Crippen LogP) is 4.91. The number of hydrogen-bond acceptors (Lipinski definition) is 3. The molecular formula is C28H28FN5O2. The molecule has 7 nitrogen and oxygen atoms in total. The molecule has 4 aromatic rings. The van der Waals surface area contributed by atoms with Gasteiger partial charge in [-0.1, -0.05) is 12.1 Å². The molecule has 3 heterocycles. The highest BCUT2D eigenvalue weighted by atomic mass is 19.1. The van der Waals surface area contributed by atoms with E-state index in [1.165, 1.54) is 12.1 Å². The van der Waals surface area contributed by atoms with E-state index in [0.29, 0.717) is 30.2 Å². The van der Waals surface area contributed by atoms with Crippen LogP contribution in [0.4, 0.5) is 10.1 Å². The highest BCUT2D eigenvalue weighted by Crippen LogP contribution is 2.26. The van der Waals surface area contributed by atoms with E-state index < -0.39 is 0 Å². The number of aryl methyl sites for hydroxylation is 1. The van der Waals surface area contributed by atoms with Crippen molar-refractivity contribution in [1.82, 2.24) is 19.2 Å². The SMILES string of the molecule is Cc1cccc(NC(=O)C2CCCN(C(=O)c3cnn(-c4ccc(F)cc4)c3-n3cccc3)C2)c1C. The normalized spacial score (nSPS) is 15.6. The van der Waals surface area contributed by atoms with E-state index >= 15 is 0 Å². The number of likely N-dealkylation sites (tertiary alicyclic amines) is 1. The van der Waals surface area contributed by atoms with Gasteiger partial charge >= 0.3 is 0 Å². The third-order valence-electron chi connectivity index (χ3n) is 6.84. The van der Waals surface area contributed by atoms with Crippen LogP contribution in [0.25, 0.3) is 11.5 Å². The monoisotopic (exact) mass is 485 g/mol. The molecule has 1 atom stereocenters. The first kappa shape index (κ1) is 23.5. The summed E-state index contributed by atoms with van der Waals surface area (Å²) in [6.07, 6.45) is 6.68. The molecule has 2 aromatic heterocycles. The molecule has 0 bridgehead atoms. The molecule has 0 saturated carbocycles. The van der Waals surface area contributed by atoms with Crippen molar-refractivity contribution in [3.05, 3.63) is 95.7 Å². The number of nitrogens with zero attached hydrogens (tertiary/aromatic N) is 4. The Morgan fingerprint density at radius 1 is 1.03 bits per heavy atom. The van der Waals surface area contributed by atoms with E-state index in [2.05, 4.69) is 10.4 Å². The van der Waals surface area contributed by atoms with Crippen molar-refractivity contribution in [1.29, 1.82) is 0 Å². The number of benzene rings is 2. The number of carbonyl (C=O) groups is 2. The minimum absolute atomic E-state index is 0.0751. The number of anilines is 1. The molecular weight excluding hydrogens is 457 g/mol. The second-order valence-electron chi connectivity index (χ2n) is 9.19. The molecule has 1 N–H and O–H groups in total. The van der Waals surface area contributed by atoms with E-state index in [0.717, 1.165) is 29.7 Å². The predicted molar refractivity (Wildman–Crippen MR) is 136 cm³/mol. The first-order valence-electron chi connectivity index (χ1n) is 12.1. The van der Waals surface area contributed by atoms with Crippen LogP contribution in [0.15, 0.2) is 73.2 Å². The molecule has 0 radical (unpaired) electrons. The molecule has 2 amide bonds. The molecule has 184 valence electrons. The van der Waals surface area contributed by atoms with Crippen molar-refractivity contribution < 1.29 is 14.0 Å². The Bertz CT molecular complexity index is 1390. The van der Waals surface area contributed by atoms with Crippen LogP contribution in [0.2, 0.25) is 0 Å². The number of aromatic nitrogens is 3. The number of hydrogen-bond donors (Lipinski definition) is 1. The Morgan fingerprint density at radius 2 is 1.78 bits per heavy atom. The van der Waals surface area contributed by atoms with Crippen molar-refractivity contribution in [2.45, 2.75) is 26.7 Å². The Morgan fingerprint density at radius 3 is 2.53 bits per heavy atom. The van der Waals surface area contributed by atoms with E-state index in [4.69, 9.17) is 0 Å². The first-order chi connectivity index (χ1) is 17.4. The summed E-state index contributed by atoms with van der Waals surface area (Å²) in [5.41, 5.74) is 4.02. The maximum Gasteiger partial charge on any atom is 0.259 e. The largest absolute Gasteiger partial charge is 0.338 e. The minimum atomic E-state index is -0.344. The first-order valence-corrected chi connectivity index (χ1v) is 12.1. The summed E-state index contributed by atoms with van der Waals surface area (Å²) >= 11 is 0. The molecule has 0 aliphatic carbocycles. The molecule has 0 spiro atoms. The zero-order valence-electron chi connectivity index (χ0n) is 20.3. The van der Waals surface area contributed by atoms with Gasteiger partial charge in [-0.15, -0.1) is 0 Å². The van der Waals surface area contributed by atoms with Crippen LogP contribution in [0.5, 0.6) is 0 Å². The summed E-state index contributed by atoms with van der Waals surface area (Å²) in [6, 6.07) is 15.5. The third kappa shape index (κ3) is 4.54. The van der Waals surface area contributed by atoms with E-state index in [-0.39, 0.29) is 23.5 Å². The smallest absolute Gasteiger partial charge is 0.259 e. The average molecular weight is 486 g/mol. The van der Waals surface area contributed by atoms with Crippen LogP contribution < -0.4 is 5.32 Å². The van der Waals surface area contributed by atoms with Gasteiger partial charge in [-0.3, -0.25) is 9.59 Å². The number of nitrogens with one attached hydrogen (secondary N) is 1. The number of rotatable bonds is 5. The third-order valence-corrected chi connectivity index (χ3v) is 6.84. The van der Waals surface area contributed by atoms with E-state index in [9.17, 15) is 14.0 Å². The number of piperidine rings is 1. The van der Waals surface area contributed by atoms with Gasteiger partial charge in [0.15, 0.2) is 5.82 Å². The lowest BCUT2D eigenvalue weighted by molar-refractivity contribution is -0.121. The second-order valence-corrected chi connectivity index (χ2v) is 9.19. The van der Waals surface area contributed by atoms with Gasteiger partial charge in [-0.05, 0) is 80.3 Å². The van der Waals surface area contributed by atoms with Gasteiger partial charge < -0.3 is 14.8 Å². The van der Waals surface area contributed by atoms with Crippen LogP contribution in [-0.2, 0) is 4.79 Å². The van der Waals surface area contributed by atoms with Crippen LogP contribution in [0, 0.1) is 25.6 Å². The Hall–Kier alpha value is -4.20. The molecule has 1 fully saturated rings. The molecule has 36 heavy (non-hydrogen) atoms. The lowest BCUT2D eigenvalue weighted by Crippen LogP contribution is -2.44. The van der Waals surface area contributed by atoms with Crippen LogP contribution in [0.1, 0.15) is 34.3 Å². The van der Waals surface area contributed by atoms with Crippen LogP contribution in [0.3, 0.4) is 0 Å². The highest BCUT2D eigenvalue weighted by molar-refractivity contribution is 5.98. The standard InChI is InChI=1S/C28H28FN5O2/c1-19-7-5-9-25(20(19)2)31-26(35)21-8-6-16-33(18-21)28(36)24-17-30-34(23-12-10-22(29)11-13-23)27(24)32-14-3-4-15-32/h3-5,7,9-15,17,21H,6,8,16,18H2,1-2H3,(H,31,35). The Balaban J connectivity index is 1.40. The zero-order valence-corrected chi connectivity index (χ0v) is 20.3. The Kier molecular flexibility index (Phi) is 6.41. The minimum Gasteiger partial charge on any atom is -0.338 e. The number of amides is 2. The van der Waals surface area contributed by atoms with Gasteiger partial charge in [-0.2, -0.15) is 5.10 Å². The molecule has 1 saturated heterocycles.